The molecule has 1 heterocycles. The summed E-state index contributed by atoms with van der Waals surface area (Å²) in [6.45, 7) is 0. The van der Waals surface area contributed by atoms with E-state index in [1.807, 2.05) is 0 Å². The molecular weight excluding hydrogens is 398 g/mol. The zero-order valence-electron chi connectivity index (χ0n) is 15.1. The van der Waals surface area contributed by atoms with Crippen LogP contribution in [0.2, 0.25) is 0 Å². The Morgan fingerprint density at radius 2 is 1.97 bits per heavy atom. The number of benzene rings is 2. The predicted molar refractivity (Wildman–Crippen MR) is 103 cm³/mol. The highest BCUT2D eigenvalue weighted by Crippen LogP contribution is 2.31. The minimum absolute atomic E-state index is 0.0889. The Kier molecular flexibility index (Phi) is 5.83. The van der Waals surface area contributed by atoms with Gasteiger partial charge >= 0.3 is 0 Å². The van der Waals surface area contributed by atoms with Gasteiger partial charge in [0.15, 0.2) is 0 Å². The average molecular weight is 413 g/mol. The molecule has 0 bridgehead atoms. The molecule has 0 aliphatic heterocycles. The van der Waals surface area contributed by atoms with Gasteiger partial charge in [-0.1, -0.05) is 12.1 Å². The van der Waals surface area contributed by atoms with Crippen LogP contribution in [-0.4, -0.2) is 36.9 Å². The van der Waals surface area contributed by atoms with E-state index in [1.54, 1.807) is 31.3 Å². The van der Waals surface area contributed by atoms with Crippen molar-refractivity contribution in [3.05, 3.63) is 63.7 Å². The van der Waals surface area contributed by atoms with Crippen molar-refractivity contribution in [2.24, 2.45) is 12.8 Å². The number of carbonyl (C=O) groups excluding carboxylic acids is 2. The molecule has 0 aliphatic rings. The molecule has 0 fully saturated rings. The van der Waals surface area contributed by atoms with Gasteiger partial charge in [0.25, 0.3) is 11.6 Å². The highest BCUT2D eigenvalue weighted by Gasteiger charge is 2.19. The van der Waals surface area contributed by atoms with Crippen molar-refractivity contribution in [2.45, 2.75) is 16.5 Å². The summed E-state index contributed by atoms with van der Waals surface area (Å²) >= 11 is 1.11. The number of nitrogens with one attached hydrogen (secondary N) is 1. The van der Waals surface area contributed by atoms with Crippen molar-refractivity contribution in [3.8, 4) is 0 Å². The largest absolute Gasteiger partial charge is 0.369 e. The first-order valence-corrected chi connectivity index (χ1v) is 9.02. The molecule has 148 valence electrons. The maximum atomic E-state index is 12.8. The lowest BCUT2D eigenvalue weighted by Gasteiger charge is -2.10. The van der Waals surface area contributed by atoms with E-state index in [2.05, 4.69) is 20.8 Å². The van der Waals surface area contributed by atoms with Gasteiger partial charge in [0.2, 0.25) is 11.1 Å². The molecule has 12 heteroatoms. The molecule has 0 atom stereocenters. The standard InChI is InChI=1S/C17H15N7O4S/c1-23-17(20-21-22-23)29-14-7-6-12(24(27)28)9-13(14)16(26)19-11-4-2-10(3-5-11)8-15(18)25/h2-7,9H,8H2,1H3,(H2,18,25)(H,19,26). The number of primary amides is 1. The summed E-state index contributed by atoms with van der Waals surface area (Å²) in [5, 5.41) is 25.4. The lowest BCUT2D eigenvalue weighted by molar-refractivity contribution is -0.384. The number of hydrogen-bond donors (Lipinski definition) is 2. The maximum absolute atomic E-state index is 12.8. The summed E-state index contributed by atoms with van der Waals surface area (Å²) in [6.07, 6.45) is 0.0889. The molecule has 3 rings (SSSR count). The minimum atomic E-state index is -0.576. The van der Waals surface area contributed by atoms with Gasteiger partial charge < -0.3 is 11.1 Å². The van der Waals surface area contributed by atoms with E-state index in [9.17, 15) is 19.7 Å². The number of nitro benzene ring substituents is 1. The average Bonchev–Trinajstić information content (AvgIpc) is 3.07. The van der Waals surface area contributed by atoms with Crippen LogP contribution in [0.25, 0.3) is 0 Å². The molecule has 0 saturated heterocycles. The molecule has 2 aromatic carbocycles. The van der Waals surface area contributed by atoms with Gasteiger partial charge in [0.1, 0.15) is 0 Å². The number of nitrogens with two attached hydrogens (primary N) is 1. The fourth-order valence-corrected chi connectivity index (χ4v) is 3.25. The number of rotatable bonds is 7. The van der Waals surface area contributed by atoms with Gasteiger partial charge in [0.05, 0.1) is 16.9 Å². The molecule has 29 heavy (non-hydrogen) atoms. The quantitative estimate of drug-likeness (QED) is 0.436. The number of non-ortho nitro benzene ring substituents is 1. The van der Waals surface area contributed by atoms with Gasteiger partial charge in [-0.25, -0.2) is 4.68 Å². The molecule has 3 N–H and O–H groups in total. The molecule has 0 radical (unpaired) electrons. The lowest BCUT2D eigenvalue weighted by atomic mass is 10.1. The van der Waals surface area contributed by atoms with Crippen LogP contribution in [0.3, 0.4) is 0 Å². The third kappa shape index (κ3) is 4.93. The summed E-state index contributed by atoms with van der Waals surface area (Å²) in [7, 11) is 1.64. The number of tetrazole rings is 1. The Bertz CT molecular complexity index is 1080. The van der Waals surface area contributed by atoms with Crippen molar-refractivity contribution < 1.29 is 14.5 Å². The van der Waals surface area contributed by atoms with Gasteiger partial charge in [-0.05, 0) is 46.0 Å². The van der Waals surface area contributed by atoms with Crippen molar-refractivity contribution in [2.75, 3.05) is 5.32 Å². The topological polar surface area (TPSA) is 159 Å². The molecule has 11 nitrogen and oxygen atoms in total. The predicted octanol–water partition coefficient (Wildman–Crippen LogP) is 1.55. The Labute approximate surface area is 168 Å². The van der Waals surface area contributed by atoms with E-state index in [-0.39, 0.29) is 17.7 Å². The molecule has 3 aromatic rings. The van der Waals surface area contributed by atoms with Crippen LogP contribution < -0.4 is 11.1 Å². The number of aryl methyl sites for hydroxylation is 1. The van der Waals surface area contributed by atoms with E-state index < -0.39 is 16.7 Å². The normalized spacial score (nSPS) is 10.5. The minimum Gasteiger partial charge on any atom is -0.369 e. The highest BCUT2D eigenvalue weighted by molar-refractivity contribution is 7.99. The van der Waals surface area contributed by atoms with Crippen LogP contribution >= 0.6 is 11.8 Å². The number of anilines is 1. The van der Waals surface area contributed by atoms with E-state index in [4.69, 9.17) is 5.73 Å². The Hall–Kier alpha value is -3.80. The van der Waals surface area contributed by atoms with Crippen molar-refractivity contribution in [3.63, 3.8) is 0 Å². The number of amides is 2. The van der Waals surface area contributed by atoms with Crippen molar-refractivity contribution in [1.29, 1.82) is 0 Å². The van der Waals surface area contributed by atoms with E-state index >= 15 is 0 Å². The monoisotopic (exact) mass is 413 g/mol. The van der Waals surface area contributed by atoms with Crippen LogP contribution in [-0.2, 0) is 18.3 Å². The second kappa shape index (κ2) is 8.48. The first kappa shape index (κ1) is 19.9. The SMILES string of the molecule is Cn1nnnc1Sc1ccc([N+](=O)[O-])cc1C(=O)Nc1ccc(CC(N)=O)cc1. The number of carbonyl (C=O) groups is 2. The molecular formula is C17H15N7O4S. The fourth-order valence-electron chi connectivity index (χ4n) is 2.41. The van der Waals surface area contributed by atoms with Gasteiger partial charge in [-0.3, -0.25) is 19.7 Å². The van der Waals surface area contributed by atoms with Crippen molar-refractivity contribution >= 4 is 35.0 Å². The van der Waals surface area contributed by atoms with Crippen LogP contribution in [0, 0.1) is 10.1 Å². The third-order valence-electron chi connectivity index (χ3n) is 3.79. The highest BCUT2D eigenvalue weighted by atomic mass is 32.2. The molecule has 0 aliphatic carbocycles. The Balaban J connectivity index is 1.87. The zero-order valence-corrected chi connectivity index (χ0v) is 15.9. The summed E-state index contributed by atoms with van der Waals surface area (Å²) in [4.78, 5) is 34.8. The molecule has 1 aromatic heterocycles. The van der Waals surface area contributed by atoms with Crippen LogP contribution in [0.5, 0.6) is 0 Å². The Morgan fingerprint density at radius 1 is 1.24 bits per heavy atom. The Morgan fingerprint density at radius 3 is 2.55 bits per heavy atom. The fraction of sp³-hybridized carbons (Fsp3) is 0.118. The van der Waals surface area contributed by atoms with E-state index in [0.717, 1.165) is 11.8 Å². The van der Waals surface area contributed by atoms with Crippen molar-refractivity contribution in [1.82, 2.24) is 20.2 Å². The first-order valence-electron chi connectivity index (χ1n) is 8.20. The summed E-state index contributed by atoms with van der Waals surface area (Å²) < 4.78 is 1.42. The summed E-state index contributed by atoms with van der Waals surface area (Å²) in [6, 6.07) is 10.5. The van der Waals surface area contributed by atoms with E-state index in [1.165, 1.54) is 22.9 Å². The summed E-state index contributed by atoms with van der Waals surface area (Å²) in [5.41, 5.74) is 6.22. The lowest BCUT2D eigenvalue weighted by Crippen LogP contribution is -2.15. The number of nitro groups is 1. The van der Waals surface area contributed by atoms with Gasteiger partial charge in [0, 0.05) is 29.8 Å². The second-order valence-corrected chi connectivity index (χ2v) is 6.93. The number of nitrogens with zero attached hydrogens (tertiary/aromatic N) is 5. The van der Waals surface area contributed by atoms with Gasteiger partial charge in [-0.15, -0.1) is 5.10 Å². The molecule has 2 amide bonds. The third-order valence-corrected chi connectivity index (χ3v) is 4.90. The smallest absolute Gasteiger partial charge is 0.270 e. The van der Waals surface area contributed by atoms with Gasteiger partial charge in [-0.2, -0.15) is 0 Å². The molecule has 0 unspecified atom stereocenters. The van der Waals surface area contributed by atoms with Crippen LogP contribution in [0.4, 0.5) is 11.4 Å². The van der Waals surface area contributed by atoms with Crippen LogP contribution in [0.1, 0.15) is 15.9 Å². The molecule has 0 saturated carbocycles. The van der Waals surface area contributed by atoms with Crippen LogP contribution in [0.15, 0.2) is 52.5 Å². The second-order valence-electron chi connectivity index (χ2n) is 5.92. The number of hydrogen-bond acceptors (Lipinski definition) is 8. The van der Waals surface area contributed by atoms with E-state index in [0.29, 0.717) is 21.3 Å². The number of aromatic nitrogens is 4. The first-order chi connectivity index (χ1) is 13.8. The summed E-state index contributed by atoms with van der Waals surface area (Å²) in [5.74, 6) is -0.993. The maximum Gasteiger partial charge on any atom is 0.270 e. The zero-order chi connectivity index (χ0) is 21.0. The molecule has 0 spiro atoms.